The number of imidazole rings is 1. The topological polar surface area (TPSA) is 145 Å². The quantitative estimate of drug-likeness (QED) is 0.0997. The van der Waals surface area contributed by atoms with E-state index < -0.39 is 10.1 Å². The summed E-state index contributed by atoms with van der Waals surface area (Å²) in [5, 5.41) is 4.82. The van der Waals surface area contributed by atoms with E-state index in [2.05, 4.69) is 39.0 Å². The zero-order valence-corrected chi connectivity index (χ0v) is 35.1. The number of fused-ring (bicyclic) bond motifs is 1. The van der Waals surface area contributed by atoms with E-state index in [1.807, 2.05) is 30.0 Å². The van der Waals surface area contributed by atoms with Crippen molar-refractivity contribution in [3.8, 4) is 17.2 Å². The number of methoxy groups -OCH3 is 3. The molecule has 0 radical (unpaired) electrons. The van der Waals surface area contributed by atoms with Crippen LogP contribution in [0.25, 0.3) is 11.0 Å². The van der Waals surface area contributed by atoms with Crippen molar-refractivity contribution in [1.82, 2.24) is 19.4 Å². The maximum Gasteiger partial charge on any atom is 0.261 e. The molecule has 0 bridgehead atoms. The van der Waals surface area contributed by atoms with Gasteiger partial charge in [0.15, 0.2) is 11.5 Å². The van der Waals surface area contributed by atoms with Gasteiger partial charge in [-0.05, 0) is 87.5 Å². The lowest BCUT2D eigenvalue weighted by atomic mass is 9.71. The fourth-order valence-electron chi connectivity index (χ4n) is 7.67. The van der Waals surface area contributed by atoms with Crippen molar-refractivity contribution in [1.29, 1.82) is 0 Å². The maximum absolute atomic E-state index is 14.1. The molecular formula is C40H53Cl2N5O8S. The third-order valence-corrected chi connectivity index (χ3v) is 11.2. The van der Waals surface area contributed by atoms with Crippen molar-refractivity contribution in [2.24, 2.45) is 0 Å². The fourth-order valence-corrected chi connectivity index (χ4v) is 7.97. The maximum atomic E-state index is 14.1. The molecule has 16 heteroatoms. The Morgan fingerprint density at radius 1 is 0.964 bits per heavy atom. The lowest BCUT2D eigenvalue weighted by molar-refractivity contribution is 0.0606. The van der Waals surface area contributed by atoms with Gasteiger partial charge in [0.25, 0.3) is 16.0 Å². The first-order valence-corrected chi connectivity index (χ1v) is 21.4. The van der Waals surface area contributed by atoms with Crippen LogP contribution in [0.15, 0.2) is 54.6 Å². The molecule has 2 fully saturated rings. The van der Waals surface area contributed by atoms with E-state index in [0.29, 0.717) is 71.5 Å². The van der Waals surface area contributed by atoms with Crippen molar-refractivity contribution in [3.05, 3.63) is 75.8 Å². The van der Waals surface area contributed by atoms with Gasteiger partial charge >= 0.3 is 0 Å². The third-order valence-electron chi connectivity index (χ3n) is 10.5. The van der Waals surface area contributed by atoms with Gasteiger partial charge in [0.2, 0.25) is 11.7 Å². The number of para-hydroxylation sites is 2. The molecule has 2 saturated heterocycles. The molecule has 13 nitrogen and oxygen atoms in total. The molecule has 1 unspecified atom stereocenters. The Kier molecular flexibility index (Phi) is 15.1. The average Bonchev–Trinajstić information content (AvgIpc) is 3.53. The molecule has 2 N–H and O–H groups in total. The van der Waals surface area contributed by atoms with Crippen LogP contribution in [0.4, 0.5) is 5.95 Å². The number of likely N-dealkylation sites (tertiary alicyclic amines) is 2. The van der Waals surface area contributed by atoms with Crippen LogP contribution in [0.3, 0.4) is 0 Å². The zero-order valence-electron chi connectivity index (χ0n) is 32.7. The number of amides is 1. The van der Waals surface area contributed by atoms with Crippen molar-refractivity contribution >= 4 is 56.2 Å². The Balaban J connectivity index is 0.00000113. The second-order valence-electron chi connectivity index (χ2n) is 14.2. The summed E-state index contributed by atoms with van der Waals surface area (Å²) in [4.78, 5) is 23.6. The van der Waals surface area contributed by atoms with E-state index in [1.54, 1.807) is 33.5 Å². The van der Waals surface area contributed by atoms with Crippen LogP contribution in [-0.2, 0) is 26.8 Å². The van der Waals surface area contributed by atoms with E-state index in [9.17, 15) is 13.2 Å². The molecule has 4 aromatic rings. The largest absolute Gasteiger partial charge is 0.493 e. The second-order valence-corrected chi connectivity index (χ2v) is 16.4. The van der Waals surface area contributed by atoms with Crippen molar-refractivity contribution in [2.75, 3.05) is 78.8 Å². The van der Waals surface area contributed by atoms with Gasteiger partial charge in [-0.3, -0.25) is 9.35 Å². The predicted molar refractivity (Wildman–Crippen MR) is 221 cm³/mol. The lowest BCUT2D eigenvalue weighted by Gasteiger charge is -2.45. The number of hydrogen-bond donors (Lipinski definition) is 2. The molecule has 0 spiro atoms. The molecule has 2 aliphatic heterocycles. The Bertz CT molecular complexity index is 2020. The van der Waals surface area contributed by atoms with Crippen LogP contribution >= 0.6 is 23.2 Å². The number of nitrogens with one attached hydrogen (secondary N) is 1. The molecule has 1 aromatic heterocycles. The molecule has 3 heterocycles. The smallest absolute Gasteiger partial charge is 0.261 e. The monoisotopic (exact) mass is 833 g/mol. The lowest BCUT2D eigenvalue weighted by Crippen LogP contribution is -2.50. The van der Waals surface area contributed by atoms with Crippen LogP contribution in [0.5, 0.6) is 17.2 Å². The standard InChI is InChI=1S/C39H49Cl2N5O5.CH4O3S/c1-5-51-22-21-46-33-10-7-6-9-32(33)43-38(46)42-29-13-18-44(19-14-29)20-16-39(28-11-12-30(40)31(41)25-28)15-8-17-45(26-39)37(47)27-23-34(48-2)36(50-4)35(24-27)49-3;1-5(2,3)4/h6-7,9-12,23-25,29H,5,8,13-22,26H2,1-4H3,(H,42,43);1H3,(H,2,3,4). The minimum atomic E-state index is -3.67. The Morgan fingerprint density at radius 3 is 2.27 bits per heavy atom. The molecular weight excluding hydrogens is 781 g/mol. The van der Waals surface area contributed by atoms with E-state index in [0.717, 1.165) is 80.8 Å². The van der Waals surface area contributed by atoms with Gasteiger partial charge in [0.05, 0.1) is 55.3 Å². The third kappa shape index (κ3) is 11.0. The molecule has 1 amide bonds. The number of halogens is 2. The summed E-state index contributed by atoms with van der Waals surface area (Å²) in [6, 6.07) is 18.0. The number of piperidine rings is 2. The van der Waals surface area contributed by atoms with Gasteiger partial charge < -0.3 is 38.6 Å². The number of anilines is 1. The van der Waals surface area contributed by atoms with E-state index in [4.69, 9.17) is 51.7 Å². The highest BCUT2D eigenvalue weighted by atomic mass is 35.5. The summed E-state index contributed by atoms with van der Waals surface area (Å²) in [5.74, 6) is 2.20. The molecule has 3 aromatic carbocycles. The average molecular weight is 835 g/mol. The highest BCUT2D eigenvalue weighted by Gasteiger charge is 2.40. The summed E-state index contributed by atoms with van der Waals surface area (Å²) in [6.07, 6.45) is 5.44. The SMILES string of the molecule is CCOCCn1c(NC2CCN(CCC3(c4ccc(Cl)c(Cl)c4)CCCN(C(=O)c4cc(OC)c(OC)c(OC)c4)C3)CC2)nc2ccccc21.CS(=O)(=O)O. The van der Waals surface area contributed by atoms with E-state index in [-0.39, 0.29) is 11.3 Å². The number of hydrogen-bond acceptors (Lipinski definition) is 10. The molecule has 0 saturated carbocycles. The molecule has 56 heavy (non-hydrogen) atoms. The number of carbonyl (C=O) groups excluding carboxylic acids is 1. The predicted octanol–water partition coefficient (Wildman–Crippen LogP) is 7.05. The van der Waals surface area contributed by atoms with Gasteiger partial charge in [-0.25, -0.2) is 4.98 Å². The molecule has 0 aliphatic carbocycles. The minimum absolute atomic E-state index is 0.0717. The molecule has 306 valence electrons. The summed E-state index contributed by atoms with van der Waals surface area (Å²) < 4.78 is 50.4. The van der Waals surface area contributed by atoms with Crippen LogP contribution < -0.4 is 19.5 Å². The van der Waals surface area contributed by atoms with Crippen molar-refractivity contribution < 1.29 is 36.7 Å². The number of rotatable bonds is 14. The normalized spacial score (nSPS) is 18.0. The molecule has 6 rings (SSSR count). The Hall–Kier alpha value is -3.79. The summed E-state index contributed by atoms with van der Waals surface area (Å²) in [6.45, 7) is 8.20. The van der Waals surface area contributed by atoms with Crippen molar-refractivity contribution in [2.45, 2.75) is 57.0 Å². The van der Waals surface area contributed by atoms with Crippen LogP contribution in [0.2, 0.25) is 10.0 Å². The Labute approximate surface area is 339 Å². The highest BCUT2D eigenvalue weighted by Crippen LogP contribution is 2.42. The van der Waals surface area contributed by atoms with Gasteiger partial charge in [-0.2, -0.15) is 8.42 Å². The number of benzene rings is 3. The van der Waals surface area contributed by atoms with E-state index >= 15 is 0 Å². The second kappa shape index (κ2) is 19.6. The zero-order chi connectivity index (χ0) is 40.5. The van der Waals surface area contributed by atoms with Crippen molar-refractivity contribution in [3.63, 3.8) is 0 Å². The first-order valence-electron chi connectivity index (χ1n) is 18.8. The Morgan fingerprint density at radius 2 is 1.64 bits per heavy atom. The van der Waals surface area contributed by atoms with Gasteiger partial charge in [-0.1, -0.05) is 41.4 Å². The summed E-state index contributed by atoms with van der Waals surface area (Å²) >= 11 is 13.0. The summed E-state index contributed by atoms with van der Waals surface area (Å²) in [5.41, 5.74) is 3.43. The van der Waals surface area contributed by atoms with Crippen LogP contribution in [0.1, 0.15) is 54.9 Å². The van der Waals surface area contributed by atoms with Gasteiger partial charge in [0, 0.05) is 56.4 Å². The fraction of sp³-hybridized carbons (Fsp3) is 0.500. The number of nitrogens with zero attached hydrogens (tertiary/aromatic N) is 4. The number of ether oxygens (including phenoxy) is 4. The van der Waals surface area contributed by atoms with Gasteiger partial charge in [-0.15, -0.1) is 0 Å². The first-order chi connectivity index (χ1) is 26.8. The minimum Gasteiger partial charge on any atom is -0.493 e. The van der Waals surface area contributed by atoms with Gasteiger partial charge in [0.1, 0.15) is 0 Å². The summed E-state index contributed by atoms with van der Waals surface area (Å²) in [7, 11) is 1.00. The first kappa shape index (κ1) is 43.3. The highest BCUT2D eigenvalue weighted by molar-refractivity contribution is 7.85. The molecule has 2 aliphatic rings. The number of aromatic nitrogens is 2. The van der Waals surface area contributed by atoms with Crippen LogP contribution in [-0.4, -0.2) is 118 Å². The van der Waals surface area contributed by atoms with E-state index in [1.165, 1.54) is 0 Å². The van der Waals surface area contributed by atoms with Crippen LogP contribution in [0, 0.1) is 0 Å². The molecule has 1 atom stereocenters. The number of carbonyl (C=O) groups is 1.